The van der Waals surface area contributed by atoms with Gasteiger partial charge in [-0.15, -0.1) is 0 Å². The molecule has 1 aliphatic heterocycles. The Kier molecular flexibility index (Phi) is 4.06. The Bertz CT molecular complexity index is 586. The minimum Gasteiger partial charge on any atom is -0.322 e. The van der Waals surface area contributed by atoms with Crippen LogP contribution in [0.25, 0.3) is 0 Å². The molecule has 1 atom stereocenters. The first-order valence-corrected chi connectivity index (χ1v) is 7.35. The summed E-state index contributed by atoms with van der Waals surface area (Å²) >= 11 is 0. The Hall–Kier alpha value is -2.08. The third-order valence-electron chi connectivity index (χ3n) is 3.79. The topological polar surface area (TPSA) is 66.8 Å². The van der Waals surface area contributed by atoms with Gasteiger partial charge in [0.25, 0.3) is 0 Å². The van der Waals surface area contributed by atoms with Crippen molar-refractivity contribution in [3.63, 3.8) is 0 Å². The van der Waals surface area contributed by atoms with Gasteiger partial charge in [0.05, 0.1) is 29.8 Å². The van der Waals surface area contributed by atoms with Crippen LogP contribution in [0.1, 0.15) is 38.4 Å². The molecule has 1 aliphatic rings. The molecule has 3 rings (SSSR count). The number of nitrogens with one attached hydrogen (secondary N) is 1. The zero-order chi connectivity index (χ0) is 14.7. The Balaban J connectivity index is 1.80. The molecule has 0 spiro atoms. The SMILES string of the molecule is CC(C)N1CCCC1c1ccnc(Nc2cncnc2)n1. The summed E-state index contributed by atoms with van der Waals surface area (Å²) in [5.41, 5.74) is 1.87. The molecule has 2 aromatic heterocycles. The van der Waals surface area contributed by atoms with Crippen LogP contribution < -0.4 is 5.32 Å². The summed E-state index contributed by atoms with van der Waals surface area (Å²) in [5, 5.41) is 3.15. The van der Waals surface area contributed by atoms with Crippen molar-refractivity contribution >= 4 is 11.6 Å². The quantitative estimate of drug-likeness (QED) is 0.930. The minimum atomic E-state index is 0.389. The van der Waals surface area contributed by atoms with E-state index in [1.807, 2.05) is 12.3 Å². The van der Waals surface area contributed by atoms with Gasteiger partial charge in [-0.25, -0.2) is 19.9 Å². The molecule has 0 radical (unpaired) electrons. The molecular formula is C15H20N6. The molecule has 6 heteroatoms. The summed E-state index contributed by atoms with van der Waals surface area (Å²) in [4.78, 5) is 19.4. The van der Waals surface area contributed by atoms with Gasteiger partial charge < -0.3 is 5.32 Å². The van der Waals surface area contributed by atoms with Crippen LogP contribution in [0.2, 0.25) is 0 Å². The lowest BCUT2D eigenvalue weighted by Gasteiger charge is -2.27. The van der Waals surface area contributed by atoms with E-state index >= 15 is 0 Å². The van der Waals surface area contributed by atoms with Crippen molar-refractivity contribution in [1.29, 1.82) is 0 Å². The average molecular weight is 284 g/mol. The summed E-state index contributed by atoms with van der Waals surface area (Å²) < 4.78 is 0. The zero-order valence-electron chi connectivity index (χ0n) is 12.4. The van der Waals surface area contributed by atoms with Gasteiger partial charge in [0.2, 0.25) is 5.95 Å². The number of hydrogen-bond donors (Lipinski definition) is 1. The summed E-state index contributed by atoms with van der Waals surface area (Å²) in [6.07, 6.45) is 9.11. The fourth-order valence-corrected chi connectivity index (χ4v) is 2.84. The van der Waals surface area contributed by atoms with Crippen molar-refractivity contribution in [3.8, 4) is 0 Å². The summed E-state index contributed by atoms with van der Waals surface area (Å²) in [6.45, 7) is 5.61. The molecule has 21 heavy (non-hydrogen) atoms. The second kappa shape index (κ2) is 6.13. The molecule has 1 unspecified atom stereocenters. The predicted molar refractivity (Wildman–Crippen MR) is 81.2 cm³/mol. The normalized spacial score (nSPS) is 19.1. The molecule has 2 aromatic rings. The maximum absolute atomic E-state index is 4.66. The van der Waals surface area contributed by atoms with E-state index in [1.54, 1.807) is 12.4 Å². The van der Waals surface area contributed by atoms with Gasteiger partial charge in [-0.3, -0.25) is 4.90 Å². The van der Waals surface area contributed by atoms with Gasteiger partial charge in [-0.2, -0.15) is 0 Å². The Morgan fingerprint density at radius 1 is 1.29 bits per heavy atom. The molecule has 0 saturated carbocycles. The lowest BCUT2D eigenvalue weighted by molar-refractivity contribution is 0.202. The van der Waals surface area contributed by atoms with Crippen LogP contribution in [0.3, 0.4) is 0 Å². The van der Waals surface area contributed by atoms with Crippen LogP contribution in [-0.2, 0) is 0 Å². The van der Waals surface area contributed by atoms with Crippen LogP contribution in [0, 0.1) is 0 Å². The molecule has 0 bridgehead atoms. The van der Waals surface area contributed by atoms with Crippen LogP contribution >= 0.6 is 0 Å². The molecule has 1 saturated heterocycles. The fourth-order valence-electron chi connectivity index (χ4n) is 2.84. The van der Waals surface area contributed by atoms with E-state index in [0.717, 1.165) is 24.3 Å². The Morgan fingerprint density at radius 3 is 2.86 bits per heavy atom. The first-order chi connectivity index (χ1) is 10.2. The van der Waals surface area contributed by atoms with Crippen LogP contribution in [0.15, 0.2) is 31.0 Å². The fraction of sp³-hybridized carbons (Fsp3) is 0.467. The third kappa shape index (κ3) is 3.16. The van der Waals surface area contributed by atoms with E-state index in [2.05, 4.69) is 44.0 Å². The van der Waals surface area contributed by atoms with E-state index < -0.39 is 0 Å². The highest BCUT2D eigenvalue weighted by molar-refractivity contribution is 5.49. The summed E-state index contributed by atoms with van der Waals surface area (Å²) in [6, 6.07) is 2.94. The van der Waals surface area contributed by atoms with Gasteiger partial charge in [-0.05, 0) is 39.3 Å². The first kappa shape index (κ1) is 13.9. The molecular weight excluding hydrogens is 264 g/mol. The number of likely N-dealkylation sites (tertiary alicyclic amines) is 1. The number of rotatable bonds is 4. The largest absolute Gasteiger partial charge is 0.322 e. The first-order valence-electron chi connectivity index (χ1n) is 7.35. The predicted octanol–water partition coefficient (Wildman–Crippen LogP) is 2.56. The molecule has 1 fully saturated rings. The molecule has 0 aromatic carbocycles. The maximum Gasteiger partial charge on any atom is 0.227 e. The Morgan fingerprint density at radius 2 is 2.10 bits per heavy atom. The molecule has 3 heterocycles. The molecule has 0 amide bonds. The van der Waals surface area contributed by atoms with E-state index in [0.29, 0.717) is 18.0 Å². The van der Waals surface area contributed by atoms with Crippen molar-refractivity contribution in [2.24, 2.45) is 0 Å². The van der Waals surface area contributed by atoms with Gasteiger partial charge >= 0.3 is 0 Å². The third-order valence-corrected chi connectivity index (χ3v) is 3.79. The number of nitrogens with zero attached hydrogens (tertiary/aromatic N) is 5. The smallest absolute Gasteiger partial charge is 0.227 e. The highest BCUT2D eigenvalue weighted by Crippen LogP contribution is 2.32. The van der Waals surface area contributed by atoms with Crippen LogP contribution in [0.4, 0.5) is 11.6 Å². The lowest BCUT2D eigenvalue weighted by Crippen LogP contribution is -2.30. The van der Waals surface area contributed by atoms with Gasteiger partial charge in [0, 0.05) is 12.2 Å². The number of aromatic nitrogens is 4. The molecule has 0 aliphatic carbocycles. The van der Waals surface area contributed by atoms with Crippen LogP contribution in [-0.4, -0.2) is 37.4 Å². The zero-order valence-corrected chi connectivity index (χ0v) is 12.4. The maximum atomic E-state index is 4.66. The van der Waals surface area contributed by atoms with Crippen LogP contribution in [0.5, 0.6) is 0 Å². The van der Waals surface area contributed by atoms with Crippen molar-refractivity contribution in [2.75, 3.05) is 11.9 Å². The minimum absolute atomic E-state index is 0.389. The second-order valence-electron chi connectivity index (χ2n) is 5.55. The lowest BCUT2D eigenvalue weighted by atomic mass is 10.1. The second-order valence-corrected chi connectivity index (χ2v) is 5.55. The van der Waals surface area contributed by atoms with Gasteiger partial charge in [-0.1, -0.05) is 0 Å². The highest BCUT2D eigenvalue weighted by Gasteiger charge is 2.28. The van der Waals surface area contributed by atoms with E-state index in [-0.39, 0.29) is 0 Å². The summed E-state index contributed by atoms with van der Waals surface area (Å²) in [5.74, 6) is 0.595. The Labute approximate surface area is 124 Å². The molecule has 1 N–H and O–H groups in total. The summed E-state index contributed by atoms with van der Waals surface area (Å²) in [7, 11) is 0. The number of anilines is 2. The average Bonchev–Trinajstić information content (AvgIpc) is 2.98. The van der Waals surface area contributed by atoms with Crippen molar-refractivity contribution in [3.05, 3.63) is 36.7 Å². The van der Waals surface area contributed by atoms with Crippen molar-refractivity contribution in [2.45, 2.75) is 38.8 Å². The van der Waals surface area contributed by atoms with E-state index in [1.165, 1.54) is 12.7 Å². The van der Waals surface area contributed by atoms with Gasteiger partial charge in [0.1, 0.15) is 6.33 Å². The molecule has 6 nitrogen and oxygen atoms in total. The van der Waals surface area contributed by atoms with E-state index in [4.69, 9.17) is 0 Å². The standard InChI is InChI=1S/C15H20N6/c1-11(2)21-7-3-4-14(21)13-5-6-18-15(20-13)19-12-8-16-10-17-9-12/h5-6,8-11,14H,3-4,7H2,1-2H3,(H,18,19,20). The molecule has 110 valence electrons. The highest BCUT2D eigenvalue weighted by atomic mass is 15.2. The monoisotopic (exact) mass is 284 g/mol. The van der Waals surface area contributed by atoms with Crippen molar-refractivity contribution in [1.82, 2.24) is 24.8 Å². The van der Waals surface area contributed by atoms with Crippen molar-refractivity contribution < 1.29 is 0 Å². The van der Waals surface area contributed by atoms with E-state index in [9.17, 15) is 0 Å². The van der Waals surface area contributed by atoms with Gasteiger partial charge in [0.15, 0.2) is 0 Å². The number of hydrogen-bond acceptors (Lipinski definition) is 6.